The Hall–Kier alpha value is -2.82. The highest BCUT2D eigenvalue weighted by molar-refractivity contribution is 7.87. The maximum absolute atomic E-state index is 13.3. The molecule has 1 fully saturated rings. The van der Waals surface area contributed by atoms with Crippen LogP contribution in [0.2, 0.25) is 0 Å². The van der Waals surface area contributed by atoms with Gasteiger partial charge in [-0.15, -0.1) is 0 Å². The number of anilines is 1. The van der Waals surface area contributed by atoms with E-state index in [0.29, 0.717) is 47.8 Å². The van der Waals surface area contributed by atoms with Gasteiger partial charge >= 0.3 is 0 Å². The van der Waals surface area contributed by atoms with E-state index in [9.17, 15) is 17.9 Å². The van der Waals surface area contributed by atoms with Gasteiger partial charge in [0.2, 0.25) is 0 Å². The van der Waals surface area contributed by atoms with Gasteiger partial charge in [-0.3, -0.25) is 0 Å². The van der Waals surface area contributed by atoms with E-state index >= 15 is 0 Å². The molecule has 8 nitrogen and oxygen atoms in total. The molecule has 1 aliphatic heterocycles. The fourth-order valence-electron chi connectivity index (χ4n) is 3.55. The molecular weight excluding hydrogens is 409 g/mol. The zero-order chi connectivity index (χ0) is 21.5. The molecule has 0 saturated carbocycles. The first-order chi connectivity index (χ1) is 14.2. The van der Waals surface area contributed by atoms with E-state index in [2.05, 4.69) is 14.6 Å². The third-order valence-corrected chi connectivity index (χ3v) is 5.81. The molecule has 4 N–H and O–H groups in total. The van der Waals surface area contributed by atoms with Crippen LogP contribution in [0.25, 0.3) is 22.3 Å². The molecule has 3 aromatic rings. The van der Waals surface area contributed by atoms with Crippen LogP contribution in [-0.2, 0) is 10.2 Å². The second-order valence-electron chi connectivity index (χ2n) is 7.53. The van der Waals surface area contributed by atoms with Gasteiger partial charge in [0.05, 0.1) is 5.52 Å². The minimum absolute atomic E-state index is 0.163. The molecule has 0 amide bonds. The molecule has 10 heteroatoms. The van der Waals surface area contributed by atoms with E-state index in [-0.39, 0.29) is 24.0 Å². The predicted octanol–water partition coefficient (Wildman–Crippen LogP) is 2.07. The lowest BCUT2D eigenvalue weighted by atomic mass is 9.96. The molecule has 0 bridgehead atoms. The second-order valence-corrected chi connectivity index (χ2v) is 8.91. The summed E-state index contributed by atoms with van der Waals surface area (Å²) in [5.74, 6) is 1.28. The molecule has 0 spiro atoms. The summed E-state index contributed by atoms with van der Waals surface area (Å²) < 4.78 is 37.6. The van der Waals surface area contributed by atoms with Crippen LogP contribution in [0.3, 0.4) is 0 Å². The molecule has 1 aliphatic rings. The minimum Gasteiger partial charge on any atom is -0.508 e. The zero-order valence-electron chi connectivity index (χ0n) is 16.3. The average Bonchev–Trinajstić information content (AvgIpc) is 2.64. The summed E-state index contributed by atoms with van der Waals surface area (Å²) >= 11 is 0. The number of aryl methyl sites for hydroxylation is 1. The number of halogens is 1. The van der Waals surface area contributed by atoms with E-state index in [4.69, 9.17) is 10.1 Å². The van der Waals surface area contributed by atoms with Gasteiger partial charge in [-0.2, -0.15) is 8.42 Å². The molecule has 30 heavy (non-hydrogen) atoms. The van der Waals surface area contributed by atoms with Crippen molar-refractivity contribution in [2.75, 3.05) is 24.5 Å². The van der Waals surface area contributed by atoms with Crippen LogP contribution in [0.4, 0.5) is 10.2 Å². The van der Waals surface area contributed by atoms with Gasteiger partial charge in [0.25, 0.3) is 10.2 Å². The number of phenols is 1. The Morgan fingerprint density at radius 2 is 1.93 bits per heavy atom. The van der Waals surface area contributed by atoms with Crippen molar-refractivity contribution in [3.8, 4) is 17.1 Å². The zero-order valence-corrected chi connectivity index (χ0v) is 17.2. The number of nitrogens with zero attached hydrogens (tertiary/aromatic N) is 3. The van der Waals surface area contributed by atoms with E-state index in [1.165, 1.54) is 12.1 Å². The molecule has 0 radical (unpaired) electrons. The largest absolute Gasteiger partial charge is 0.508 e. The first-order valence-electron chi connectivity index (χ1n) is 9.49. The van der Waals surface area contributed by atoms with E-state index < -0.39 is 10.2 Å². The summed E-state index contributed by atoms with van der Waals surface area (Å²) in [5.41, 5.74) is 2.08. The van der Waals surface area contributed by atoms with Crippen molar-refractivity contribution in [1.82, 2.24) is 14.7 Å². The minimum atomic E-state index is -3.69. The number of aromatic nitrogens is 2. The normalized spacial score (nSPS) is 14.8. The summed E-state index contributed by atoms with van der Waals surface area (Å²) in [7, 11) is -3.69. The quantitative estimate of drug-likeness (QED) is 0.549. The van der Waals surface area contributed by atoms with Crippen molar-refractivity contribution in [2.24, 2.45) is 11.1 Å². The lowest BCUT2D eigenvalue weighted by molar-refractivity contribution is 0.382. The monoisotopic (exact) mass is 431 g/mol. The lowest BCUT2D eigenvalue weighted by Gasteiger charge is -2.41. The van der Waals surface area contributed by atoms with Crippen LogP contribution >= 0.6 is 0 Å². The summed E-state index contributed by atoms with van der Waals surface area (Å²) in [6.45, 7) is 3.46. The summed E-state index contributed by atoms with van der Waals surface area (Å²) in [6, 6.07) is 9.45. The molecule has 1 aromatic heterocycles. The van der Waals surface area contributed by atoms with Crippen LogP contribution in [0.15, 0.2) is 36.4 Å². The van der Waals surface area contributed by atoms with Crippen molar-refractivity contribution in [3.63, 3.8) is 0 Å². The van der Waals surface area contributed by atoms with E-state index in [1.807, 2.05) is 0 Å². The van der Waals surface area contributed by atoms with Crippen LogP contribution in [0.1, 0.15) is 12.0 Å². The van der Waals surface area contributed by atoms with Crippen molar-refractivity contribution in [3.05, 3.63) is 47.8 Å². The van der Waals surface area contributed by atoms with E-state index in [0.717, 1.165) is 5.39 Å². The molecule has 0 unspecified atom stereocenters. The Balaban J connectivity index is 1.63. The van der Waals surface area contributed by atoms with Gasteiger partial charge in [-0.05, 0) is 61.2 Å². The van der Waals surface area contributed by atoms with Crippen LogP contribution in [-0.4, -0.2) is 43.1 Å². The van der Waals surface area contributed by atoms with Gasteiger partial charge in [0, 0.05) is 30.6 Å². The highest BCUT2D eigenvalue weighted by atomic mass is 32.2. The molecule has 158 valence electrons. The van der Waals surface area contributed by atoms with Gasteiger partial charge in [0.1, 0.15) is 17.4 Å². The molecule has 1 saturated heterocycles. The van der Waals surface area contributed by atoms with Crippen LogP contribution in [0.5, 0.6) is 5.75 Å². The summed E-state index contributed by atoms with van der Waals surface area (Å²) in [5, 5.41) is 15.9. The predicted molar refractivity (Wildman–Crippen MR) is 113 cm³/mol. The van der Waals surface area contributed by atoms with Crippen molar-refractivity contribution in [2.45, 2.75) is 13.3 Å². The average molecular weight is 431 g/mol. The van der Waals surface area contributed by atoms with Crippen molar-refractivity contribution in [1.29, 1.82) is 0 Å². The molecular formula is C20H22FN5O3S. The Morgan fingerprint density at radius 3 is 2.60 bits per heavy atom. The van der Waals surface area contributed by atoms with Crippen molar-refractivity contribution >= 4 is 26.9 Å². The Morgan fingerprint density at radius 1 is 1.23 bits per heavy atom. The smallest absolute Gasteiger partial charge is 0.274 e. The number of aromatic hydroxyl groups is 1. The molecule has 2 aromatic carbocycles. The first kappa shape index (κ1) is 20.5. The number of nitrogens with two attached hydrogens (primary N) is 1. The summed E-state index contributed by atoms with van der Waals surface area (Å²) in [6.07, 6.45) is 0.658. The second kappa shape index (κ2) is 7.78. The van der Waals surface area contributed by atoms with Gasteiger partial charge in [-0.25, -0.2) is 24.2 Å². The Labute approximate surface area is 173 Å². The van der Waals surface area contributed by atoms with Gasteiger partial charge in [-0.1, -0.05) is 0 Å². The van der Waals surface area contributed by atoms with E-state index in [1.54, 1.807) is 31.2 Å². The lowest BCUT2D eigenvalue weighted by Crippen LogP contribution is -2.48. The van der Waals surface area contributed by atoms with Gasteiger partial charge < -0.3 is 10.0 Å². The molecule has 0 atom stereocenters. The topological polar surface area (TPSA) is 121 Å². The van der Waals surface area contributed by atoms with Crippen LogP contribution in [0, 0.1) is 18.7 Å². The number of hydrogen-bond acceptors (Lipinski definition) is 6. The number of phenolic OH excluding ortho intramolecular Hbond substituents is 1. The highest BCUT2D eigenvalue weighted by Gasteiger charge is 2.29. The first-order valence-corrected chi connectivity index (χ1v) is 11.0. The van der Waals surface area contributed by atoms with Crippen molar-refractivity contribution < 1.29 is 17.9 Å². The number of fused-ring (bicyclic) bond motifs is 1. The number of hydrogen-bond donors (Lipinski definition) is 3. The maximum atomic E-state index is 13.3. The molecule has 4 rings (SSSR count). The SMILES string of the molecule is Cc1cc2nc(-c3ccc(F)cc3)nc(N3CC(CCNS(N)(=O)=O)C3)c2cc1O. The number of benzene rings is 2. The Bertz CT molecular complexity index is 1200. The Kier molecular flexibility index (Phi) is 5.31. The number of nitrogens with one attached hydrogen (secondary N) is 1. The number of rotatable bonds is 6. The van der Waals surface area contributed by atoms with Gasteiger partial charge in [0.15, 0.2) is 5.82 Å². The fraction of sp³-hybridized carbons (Fsp3) is 0.300. The summed E-state index contributed by atoms with van der Waals surface area (Å²) in [4.78, 5) is 11.4. The molecule has 0 aliphatic carbocycles. The fourth-order valence-corrected chi connectivity index (χ4v) is 3.95. The molecule has 2 heterocycles. The third-order valence-electron chi connectivity index (χ3n) is 5.21. The van der Waals surface area contributed by atoms with Crippen LogP contribution < -0.4 is 14.8 Å². The highest BCUT2D eigenvalue weighted by Crippen LogP contribution is 2.35. The maximum Gasteiger partial charge on any atom is 0.274 e. The standard InChI is InChI=1S/C20H22FN5O3S/c1-12-8-17-16(9-18(12)27)20(25-19(24-17)14-2-4-15(21)5-3-14)26-10-13(11-26)6-7-23-30(22,28)29/h2-5,8-9,13,23,27H,6-7,10-11H2,1H3,(H2,22,28,29). The third kappa shape index (κ3) is 4.35.